The summed E-state index contributed by atoms with van der Waals surface area (Å²) in [6.07, 6.45) is 0. The standard InChI is InChI=1S/C5H8B3NO2/c1-2-11-4(10)3-9-5(6,7)8/h9H,2-3H2,1H3. The van der Waals surface area contributed by atoms with Gasteiger partial charge in [-0.15, -0.1) is 0 Å². The zero-order valence-electron chi connectivity index (χ0n) is 6.46. The van der Waals surface area contributed by atoms with Crippen LogP contribution in [0.2, 0.25) is 0 Å². The van der Waals surface area contributed by atoms with E-state index in [4.69, 9.17) is 23.5 Å². The van der Waals surface area contributed by atoms with Crippen LogP contribution in [-0.2, 0) is 9.53 Å². The molecule has 0 aromatic carbocycles. The molecule has 0 aromatic rings. The van der Waals surface area contributed by atoms with Crippen molar-refractivity contribution < 1.29 is 9.53 Å². The summed E-state index contributed by atoms with van der Waals surface area (Å²) >= 11 is 0. The van der Waals surface area contributed by atoms with Gasteiger partial charge in [0.25, 0.3) is 0 Å². The van der Waals surface area contributed by atoms with Gasteiger partial charge in [0.05, 0.1) is 36.7 Å². The van der Waals surface area contributed by atoms with Crippen LogP contribution in [0.5, 0.6) is 0 Å². The Bertz CT molecular complexity index is 134. The molecule has 6 radical (unpaired) electrons. The van der Waals surface area contributed by atoms with Crippen molar-refractivity contribution in [1.29, 1.82) is 0 Å². The highest BCUT2D eigenvalue weighted by Crippen LogP contribution is 1.82. The summed E-state index contributed by atoms with van der Waals surface area (Å²) in [6, 6.07) is 0. The van der Waals surface area contributed by atoms with Gasteiger partial charge in [0.2, 0.25) is 0 Å². The van der Waals surface area contributed by atoms with Crippen LogP contribution in [0.3, 0.4) is 0 Å². The first kappa shape index (κ1) is 10.6. The molecular weight excluding hydrogens is 138 g/mol. The number of carbonyl (C=O) groups excluding carboxylic acids is 1. The van der Waals surface area contributed by atoms with Crippen molar-refractivity contribution in [2.24, 2.45) is 0 Å². The highest BCUT2D eigenvalue weighted by atomic mass is 16.5. The summed E-state index contributed by atoms with van der Waals surface area (Å²) in [6.45, 7) is 1.95. The largest absolute Gasteiger partial charge is 0.465 e. The Kier molecular flexibility index (Phi) is 4.34. The first-order valence-corrected chi connectivity index (χ1v) is 3.23. The van der Waals surface area contributed by atoms with E-state index in [0.717, 1.165) is 0 Å². The van der Waals surface area contributed by atoms with E-state index < -0.39 is 11.2 Å². The number of hydrogen-bond acceptors (Lipinski definition) is 3. The van der Waals surface area contributed by atoms with E-state index in [2.05, 4.69) is 10.1 Å². The predicted octanol–water partition coefficient (Wildman–Crippen LogP) is -1.74. The number of ether oxygens (including phenoxy) is 1. The van der Waals surface area contributed by atoms with Crippen molar-refractivity contribution in [3.63, 3.8) is 0 Å². The van der Waals surface area contributed by atoms with Crippen LogP contribution in [-0.4, -0.2) is 47.9 Å². The molecule has 6 heteroatoms. The van der Waals surface area contributed by atoms with Crippen LogP contribution in [0.1, 0.15) is 6.92 Å². The number of carbonyl (C=O) groups is 1. The second kappa shape index (κ2) is 4.49. The Morgan fingerprint density at radius 3 is 2.45 bits per heavy atom. The smallest absolute Gasteiger partial charge is 0.319 e. The molecule has 3 nitrogen and oxygen atoms in total. The van der Waals surface area contributed by atoms with Crippen LogP contribution in [0.25, 0.3) is 0 Å². The topological polar surface area (TPSA) is 38.3 Å². The summed E-state index contributed by atoms with van der Waals surface area (Å²) in [4.78, 5) is 10.6. The van der Waals surface area contributed by atoms with E-state index in [-0.39, 0.29) is 6.54 Å². The fourth-order valence-electron chi connectivity index (χ4n) is 0.437. The van der Waals surface area contributed by atoms with Gasteiger partial charge < -0.3 is 10.1 Å². The predicted molar refractivity (Wildman–Crippen MR) is 44.6 cm³/mol. The van der Waals surface area contributed by atoms with E-state index in [0.29, 0.717) is 6.61 Å². The zero-order valence-corrected chi connectivity index (χ0v) is 6.46. The Morgan fingerprint density at radius 2 is 2.09 bits per heavy atom. The summed E-state index contributed by atoms with van der Waals surface area (Å²) in [5.41, 5.74) is 0. The molecular formula is C5H8B3NO2. The lowest BCUT2D eigenvalue weighted by atomic mass is 9.49. The molecule has 0 atom stereocenters. The van der Waals surface area contributed by atoms with Crippen molar-refractivity contribution in [3.8, 4) is 0 Å². The minimum Gasteiger partial charge on any atom is -0.465 e. The fourth-order valence-corrected chi connectivity index (χ4v) is 0.437. The minimum atomic E-state index is -1.52. The third-order valence-corrected chi connectivity index (χ3v) is 0.844. The Labute approximate surface area is 70.5 Å². The van der Waals surface area contributed by atoms with Gasteiger partial charge in [0, 0.05) is 0 Å². The van der Waals surface area contributed by atoms with E-state index in [1.54, 1.807) is 6.92 Å². The summed E-state index contributed by atoms with van der Waals surface area (Å²) in [7, 11) is 15.3. The first-order chi connectivity index (χ1) is 4.95. The lowest BCUT2D eigenvalue weighted by Gasteiger charge is -2.20. The second-order valence-corrected chi connectivity index (χ2v) is 2.09. The van der Waals surface area contributed by atoms with Gasteiger partial charge in [-0.3, -0.25) is 4.79 Å². The Hall–Kier alpha value is -0.375. The maximum absolute atomic E-state index is 10.6. The van der Waals surface area contributed by atoms with E-state index >= 15 is 0 Å². The molecule has 0 saturated carbocycles. The monoisotopic (exact) mass is 147 g/mol. The molecule has 0 rings (SSSR count). The molecule has 0 bridgehead atoms. The molecule has 0 fully saturated rings. The SMILES string of the molecule is [B]C([B])([B])NCC(=O)OCC. The van der Waals surface area contributed by atoms with Crippen LogP contribution in [0, 0.1) is 0 Å². The lowest BCUT2D eigenvalue weighted by molar-refractivity contribution is -0.142. The van der Waals surface area contributed by atoms with Crippen LogP contribution in [0.15, 0.2) is 0 Å². The number of nitrogens with one attached hydrogen (secondary N) is 1. The van der Waals surface area contributed by atoms with Gasteiger partial charge in [-0.1, -0.05) is 5.24 Å². The maximum atomic E-state index is 10.6. The fraction of sp³-hybridized carbons (Fsp3) is 0.800. The molecule has 0 aromatic heterocycles. The molecule has 1 N–H and O–H groups in total. The Balaban J connectivity index is 3.46. The lowest BCUT2D eigenvalue weighted by Crippen LogP contribution is -2.49. The average Bonchev–Trinajstić information content (AvgIpc) is 1.83. The number of rotatable bonds is 4. The van der Waals surface area contributed by atoms with Crippen molar-refractivity contribution in [1.82, 2.24) is 5.32 Å². The molecule has 0 saturated heterocycles. The summed E-state index contributed by atoms with van der Waals surface area (Å²) in [5, 5.41) is 0.844. The van der Waals surface area contributed by atoms with Gasteiger partial charge in [-0.05, 0) is 6.92 Å². The summed E-state index contributed by atoms with van der Waals surface area (Å²) < 4.78 is 4.57. The molecule has 0 aliphatic rings. The van der Waals surface area contributed by atoms with E-state index in [1.165, 1.54) is 0 Å². The first-order valence-electron chi connectivity index (χ1n) is 3.23. The average molecular weight is 147 g/mol. The van der Waals surface area contributed by atoms with Gasteiger partial charge in [-0.2, -0.15) is 0 Å². The minimum absolute atomic E-state index is 0.0860. The van der Waals surface area contributed by atoms with Crippen LogP contribution in [0.4, 0.5) is 0 Å². The molecule has 54 valence electrons. The number of esters is 1. The second-order valence-electron chi connectivity index (χ2n) is 2.09. The highest BCUT2D eigenvalue weighted by Gasteiger charge is 2.10. The highest BCUT2D eigenvalue weighted by molar-refractivity contribution is 6.59. The van der Waals surface area contributed by atoms with Crippen LogP contribution >= 0.6 is 0 Å². The number of hydrogen-bond donors (Lipinski definition) is 1. The van der Waals surface area contributed by atoms with Crippen molar-refractivity contribution in [2.45, 2.75) is 12.2 Å². The zero-order chi connectivity index (χ0) is 8.91. The van der Waals surface area contributed by atoms with Crippen molar-refractivity contribution >= 4 is 29.5 Å². The van der Waals surface area contributed by atoms with E-state index in [9.17, 15) is 4.79 Å². The van der Waals surface area contributed by atoms with E-state index in [1.807, 2.05) is 0 Å². The quantitative estimate of drug-likeness (QED) is 0.378. The van der Waals surface area contributed by atoms with Gasteiger partial charge in [-0.25, -0.2) is 0 Å². The molecule has 0 spiro atoms. The molecule has 0 aliphatic heterocycles. The molecule has 11 heavy (non-hydrogen) atoms. The normalized spacial score (nSPS) is 11.0. The molecule has 0 amide bonds. The Morgan fingerprint density at radius 1 is 1.55 bits per heavy atom. The molecule has 0 heterocycles. The van der Waals surface area contributed by atoms with Gasteiger partial charge >= 0.3 is 5.97 Å². The molecule has 0 aliphatic carbocycles. The van der Waals surface area contributed by atoms with Crippen LogP contribution < -0.4 is 5.32 Å². The summed E-state index contributed by atoms with van der Waals surface area (Å²) in [5.74, 6) is -0.432. The van der Waals surface area contributed by atoms with Crippen molar-refractivity contribution in [3.05, 3.63) is 0 Å². The van der Waals surface area contributed by atoms with Gasteiger partial charge in [0.15, 0.2) is 0 Å². The molecule has 0 unspecified atom stereocenters. The maximum Gasteiger partial charge on any atom is 0.319 e. The third-order valence-electron chi connectivity index (χ3n) is 0.844. The van der Waals surface area contributed by atoms with Gasteiger partial charge in [0.1, 0.15) is 0 Å². The third kappa shape index (κ3) is 7.52. The van der Waals surface area contributed by atoms with Crippen molar-refractivity contribution in [2.75, 3.05) is 13.2 Å².